The number of hydrogen-bond donors (Lipinski definition) is 3. The van der Waals surface area contributed by atoms with E-state index in [1.165, 1.54) is 5.56 Å². The smallest absolute Gasteiger partial charge is 0.141 e. The number of pyridine rings is 1. The lowest BCUT2D eigenvalue weighted by Gasteiger charge is -2.10. The van der Waals surface area contributed by atoms with Gasteiger partial charge in [0, 0.05) is 28.1 Å². The molecule has 88 valence electrons. The van der Waals surface area contributed by atoms with Gasteiger partial charge >= 0.3 is 0 Å². The van der Waals surface area contributed by atoms with Gasteiger partial charge in [0.05, 0.1) is 0 Å². The van der Waals surface area contributed by atoms with E-state index in [4.69, 9.17) is 5.84 Å². The van der Waals surface area contributed by atoms with E-state index in [1.807, 2.05) is 24.3 Å². The Morgan fingerprint density at radius 1 is 1.24 bits per heavy atom. The lowest BCUT2D eigenvalue weighted by Crippen LogP contribution is -2.08. The molecule has 0 spiro atoms. The maximum absolute atomic E-state index is 5.32. The molecule has 0 aliphatic rings. The Labute approximate surface area is 108 Å². The van der Waals surface area contributed by atoms with Gasteiger partial charge in [-0.15, -0.1) is 0 Å². The Kier molecular flexibility index (Phi) is 3.61. The number of hydrazine groups is 1. The van der Waals surface area contributed by atoms with Crippen LogP contribution in [0.25, 0.3) is 0 Å². The predicted molar refractivity (Wildman–Crippen MR) is 74.2 cm³/mol. The summed E-state index contributed by atoms with van der Waals surface area (Å²) in [5.74, 6) is 5.94. The van der Waals surface area contributed by atoms with Gasteiger partial charge in [0.2, 0.25) is 0 Å². The van der Waals surface area contributed by atoms with Crippen LogP contribution in [0.5, 0.6) is 0 Å². The van der Waals surface area contributed by atoms with Gasteiger partial charge in [0.15, 0.2) is 0 Å². The molecule has 0 atom stereocenters. The Balaban J connectivity index is 2.25. The molecule has 17 heavy (non-hydrogen) atoms. The summed E-state index contributed by atoms with van der Waals surface area (Å²) in [5.41, 5.74) is 5.68. The van der Waals surface area contributed by atoms with Crippen LogP contribution >= 0.6 is 15.9 Å². The molecule has 0 amide bonds. The predicted octanol–water partition coefficient (Wildman–Crippen LogP) is 3.18. The number of aromatic nitrogens is 1. The molecule has 1 aromatic heterocycles. The van der Waals surface area contributed by atoms with Crippen LogP contribution in [0.3, 0.4) is 0 Å². The average Bonchev–Trinajstić information content (AvgIpc) is 2.33. The Bertz CT molecular complexity index is 528. The quantitative estimate of drug-likeness (QED) is 0.601. The van der Waals surface area contributed by atoms with E-state index in [1.54, 1.807) is 6.20 Å². The maximum atomic E-state index is 5.32. The highest BCUT2D eigenvalue weighted by atomic mass is 79.9. The molecule has 2 rings (SSSR count). The number of aryl methyl sites for hydroxylation is 1. The summed E-state index contributed by atoms with van der Waals surface area (Å²) in [7, 11) is 0. The van der Waals surface area contributed by atoms with Crippen LogP contribution < -0.4 is 16.6 Å². The highest BCUT2D eigenvalue weighted by Gasteiger charge is 2.00. The average molecular weight is 293 g/mol. The van der Waals surface area contributed by atoms with Crippen molar-refractivity contribution in [2.45, 2.75) is 6.92 Å². The second-order valence-corrected chi connectivity index (χ2v) is 4.57. The van der Waals surface area contributed by atoms with E-state index in [0.29, 0.717) is 5.82 Å². The van der Waals surface area contributed by atoms with Crippen molar-refractivity contribution in [1.29, 1.82) is 0 Å². The number of hydrogen-bond acceptors (Lipinski definition) is 4. The lowest BCUT2D eigenvalue weighted by atomic mass is 10.2. The molecule has 4 nitrogen and oxygen atoms in total. The maximum Gasteiger partial charge on any atom is 0.141 e. The molecule has 0 aliphatic carbocycles. The van der Waals surface area contributed by atoms with E-state index < -0.39 is 0 Å². The molecule has 0 bridgehead atoms. The van der Waals surface area contributed by atoms with Crippen molar-refractivity contribution >= 4 is 33.1 Å². The van der Waals surface area contributed by atoms with Gasteiger partial charge in [-0.25, -0.2) is 10.8 Å². The molecule has 0 saturated heterocycles. The molecule has 0 saturated carbocycles. The van der Waals surface area contributed by atoms with Crippen LogP contribution in [0, 0.1) is 6.92 Å². The number of nitrogens with two attached hydrogens (primary N) is 1. The Hall–Kier alpha value is -1.59. The fraction of sp³-hybridized carbons (Fsp3) is 0.0833. The highest BCUT2D eigenvalue weighted by Crippen LogP contribution is 2.24. The number of nitrogens with one attached hydrogen (secondary N) is 2. The van der Waals surface area contributed by atoms with Crippen molar-refractivity contribution in [2.75, 3.05) is 10.7 Å². The molecule has 0 unspecified atom stereocenters. The van der Waals surface area contributed by atoms with Crippen molar-refractivity contribution < 1.29 is 0 Å². The SMILES string of the molecule is Cc1cc(Br)ccc1Nc1ccnc(NN)c1. The summed E-state index contributed by atoms with van der Waals surface area (Å²) in [6, 6.07) is 9.82. The molecule has 0 fully saturated rings. The fourth-order valence-electron chi connectivity index (χ4n) is 1.51. The normalized spacial score (nSPS) is 10.1. The molecule has 2 aromatic rings. The van der Waals surface area contributed by atoms with Gasteiger partial charge in [0.1, 0.15) is 5.82 Å². The van der Waals surface area contributed by atoms with Crippen LogP contribution in [0.1, 0.15) is 5.56 Å². The molecule has 0 aliphatic heterocycles. The van der Waals surface area contributed by atoms with Crippen LogP contribution in [0.4, 0.5) is 17.2 Å². The van der Waals surface area contributed by atoms with Gasteiger partial charge in [-0.1, -0.05) is 15.9 Å². The summed E-state index contributed by atoms with van der Waals surface area (Å²) < 4.78 is 1.07. The zero-order valence-electron chi connectivity index (χ0n) is 9.37. The van der Waals surface area contributed by atoms with Gasteiger partial charge in [0.25, 0.3) is 0 Å². The molecule has 4 N–H and O–H groups in total. The molecule has 1 heterocycles. The van der Waals surface area contributed by atoms with E-state index in [-0.39, 0.29) is 0 Å². The van der Waals surface area contributed by atoms with Gasteiger partial charge < -0.3 is 10.7 Å². The van der Waals surface area contributed by atoms with E-state index in [0.717, 1.165) is 15.8 Å². The number of halogens is 1. The van der Waals surface area contributed by atoms with E-state index in [2.05, 4.69) is 44.6 Å². The molecular weight excluding hydrogens is 280 g/mol. The number of anilines is 3. The minimum absolute atomic E-state index is 0.629. The number of nitrogens with zero attached hydrogens (tertiary/aromatic N) is 1. The second kappa shape index (κ2) is 5.16. The minimum atomic E-state index is 0.629. The summed E-state index contributed by atoms with van der Waals surface area (Å²) in [6.07, 6.45) is 1.70. The number of nitrogen functional groups attached to an aromatic ring is 1. The monoisotopic (exact) mass is 292 g/mol. The number of rotatable bonds is 3. The van der Waals surface area contributed by atoms with Crippen LogP contribution in [-0.2, 0) is 0 Å². The third kappa shape index (κ3) is 2.95. The highest BCUT2D eigenvalue weighted by molar-refractivity contribution is 9.10. The summed E-state index contributed by atoms with van der Waals surface area (Å²) in [5, 5.41) is 3.32. The lowest BCUT2D eigenvalue weighted by molar-refractivity contribution is 1.23. The molecule has 1 aromatic carbocycles. The zero-order valence-corrected chi connectivity index (χ0v) is 11.0. The van der Waals surface area contributed by atoms with Crippen molar-refractivity contribution in [1.82, 2.24) is 4.98 Å². The van der Waals surface area contributed by atoms with Gasteiger partial charge in [-0.2, -0.15) is 0 Å². The summed E-state index contributed by atoms with van der Waals surface area (Å²) in [4.78, 5) is 4.05. The van der Waals surface area contributed by atoms with Gasteiger partial charge in [-0.05, 0) is 36.8 Å². The first kappa shape index (κ1) is 11.9. The first-order valence-corrected chi connectivity index (χ1v) is 5.94. The van der Waals surface area contributed by atoms with Gasteiger partial charge in [-0.3, -0.25) is 0 Å². The largest absolute Gasteiger partial charge is 0.355 e. The van der Waals surface area contributed by atoms with Crippen molar-refractivity contribution in [3.63, 3.8) is 0 Å². The standard InChI is InChI=1S/C12H13BrN4/c1-8-6-9(13)2-3-11(8)16-10-4-5-15-12(7-10)17-14/h2-7H,14H2,1H3,(H2,15,16,17). The van der Waals surface area contributed by atoms with Crippen molar-refractivity contribution in [2.24, 2.45) is 5.84 Å². The fourth-order valence-corrected chi connectivity index (χ4v) is 1.99. The second-order valence-electron chi connectivity index (χ2n) is 3.66. The van der Waals surface area contributed by atoms with Crippen LogP contribution in [-0.4, -0.2) is 4.98 Å². The van der Waals surface area contributed by atoms with E-state index in [9.17, 15) is 0 Å². The minimum Gasteiger partial charge on any atom is -0.355 e. The Morgan fingerprint density at radius 2 is 2.06 bits per heavy atom. The topological polar surface area (TPSA) is 63.0 Å². The number of benzene rings is 1. The first-order valence-electron chi connectivity index (χ1n) is 5.15. The third-order valence-corrected chi connectivity index (χ3v) is 2.87. The Morgan fingerprint density at radius 3 is 2.76 bits per heavy atom. The van der Waals surface area contributed by atoms with E-state index >= 15 is 0 Å². The molecular formula is C12H13BrN4. The third-order valence-electron chi connectivity index (χ3n) is 2.38. The van der Waals surface area contributed by atoms with Crippen molar-refractivity contribution in [3.8, 4) is 0 Å². The van der Waals surface area contributed by atoms with Crippen LogP contribution in [0.2, 0.25) is 0 Å². The summed E-state index contributed by atoms with van der Waals surface area (Å²) in [6.45, 7) is 2.05. The zero-order chi connectivity index (χ0) is 12.3. The van der Waals surface area contributed by atoms with Crippen LogP contribution in [0.15, 0.2) is 41.0 Å². The molecule has 0 radical (unpaired) electrons. The van der Waals surface area contributed by atoms with Crippen molar-refractivity contribution in [3.05, 3.63) is 46.6 Å². The molecule has 5 heteroatoms. The first-order chi connectivity index (χ1) is 8.19. The summed E-state index contributed by atoms with van der Waals surface area (Å²) >= 11 is 3.44.